The highest BCUT2D eigenvalue weighted by molar-refractivity contribution is 6.18. The number of halogens is 1. The molecule has 5 rings (SSSR count). The van der Waals surface area contributed by atoms with Crippen LogP contribution in [0.5, 0.6) is 0 Å². The third-order valence-electron chi connectivity index (χ3n) is 4.17. The minimum absolute atomic E-state index is 0.283. The maximum atomic E-state index is 14.2. The lowest BCUT2D eigenvalue weighted by Crippen LogP contribution is -1.84. The molecule has 104 valence electrons. The molecule has 0 fully saturated rings. The Morgan fingerprint density at radius 1 is 0.864 bits per heavy atom. The highest BCUT2D eigenvalue weighted by Crippen LogP contribution is 2.36. The quantitative estimate of drug-likeness (QED) is 0.460. The molecule has 2 aromatic heterocycles. The summed E-state index contributed by atoms with van der Waals surface area (Å²) in [5, 5.41) is 11.8. The number of fused-ring (bicyclic) bond motifs is 3. The Bertz CT molecular complexity index is 1140. The molecule has 0 aliphatic heterocycles. The minimum atomic E-state index is -0.283. The molecular formula is C18H10FN3. The molecule has 4 heteroatoms. The van der Waals surface area contributed by atoms with E-state index in [0.717, 1.165) is 27.2 Å². The largest absolute Gasteiger partial charge is 0.212 e. The zero-order valence-electron chi connectivity index (χ0n) is 11.5. The van der Waals surface area contributed by atoms with E-state index in [1.165, 1.54) is 6.07 Å². The normalized spacial score (nSPS) is 11.9. The second kappa shape index (κ2) is 4.01. The smallest absolute Gasteiger partial charge is 0.132 e. The van der Waals surface area contributed by atoms with Gasteiger partial charge < -0.3 is 0 Å². The van der Waals surface area contributed by atoms with Crippen LogP contribution in [0.3, 0.4) is 0 Å². The van der Waals surface area contributed by atoms with Crippen molar-refractivity contribution in [2.75, 3.05) is 0 Å². The molecule has 3 nitrogen and oxygen atoms in total. The molecule has 0 aliphatic carbocycles. The van der Waals surface area contributed by atoms with Gasteiger partial charge in [0.25, 0.3) is 0 Å². The van der Waals surface area contributed by atoms with Crippen LogP contribution in [0.4, 0.5) is 4.39 Å². The number of nitrogens with zero attached hydrogens (tertiary/aromatic N) is 3. The van der Waals surface area contributed by atoms with Crippen LogP contribution in [-0.2, 0) is 0 Å². The Morgan fingerprint density at radius 2 is 1.68 bits per heavy atom. The predicted octanol–water partition coefficient (Wildman–Crippen LogP) is 4.28. The fourth-order valence-electron chi connectivity index (χ4n) is 3.22. The number of hydrogen-bond acceptors (Lipinski definition) is 2. The monoisotopic (exact) mass is 287 g/mol. The molecule has 0 saturated heterocycles. The van der Waals surface area contributed by atoms with E-state index in [0.29, 0.717) is 11.3 Å². The Balaban J connectivity index is 2.02. The molecule has 0 saturated carbocycles. The lowest BCUT2D eigenvalue weighted by atomic mass is 10.0. The van der Waals surface area contributed by atoms with Crippen LogP contribution in [0.15, 0.2) is 60.7 Å². The molecule has 0 bridgehead atoms. The lowest BCUT2D eigenvalue weighted by Gasteiger charge is -1.99. The van der Waals surface area contributed by atoms with Gasteiger partial charge in [-0.15, -0.1) is 5.10 Å². The van der Waals surface area contributed by atoms with E-state index < -0.39 is 0 Å². The average molecular weight is 287 g/mol. The zero-order chi connectivity index (χ0) is 14.7. The Morgan fingerprint density at radius 3 is 2.55 bits per heavy atom. The topological polar surface area (TPSA) is 30.2 Å². The van der Waals surface area contributed by atoms with Crippen LogP contribution < -0.4 is 0 Å². The summed E-state index contributed by atoms with van der Waals surface area (Å²) in [5.41, 5.74) is 2.92. The summed E-state index contributed by atoms with van der Waals surface area (Å²) in [4.78, 5) is 0. The second-order valence-electron chi connectivity index (χ2n) is 5.36. The number of hydrogen-bond donors (Lipinski definition) is 0. The van der Waals surface area contributed by atoms with E-state index in [-0.39, 0.29) is 5.82 Å². The molecular weight excluding hydrogens is 277 g/mol. The van der Waals surface area contributed by atoms with Gasteiger partial charge >= 0.3 is 0 Å². The van der Waals surface area contributed by atoms with E-state index >= 15 is 0 Å². The molecule has 0 unspecified atom stereocenters. The van der Waals surface area contributed by atoms with Crippen molar-refractivity contribution in [1.29, 1.82) is 0 Å². The highest BCUT2D eigenvalue weighted by Gasteiger charge is 2.19. The van der Waals surface area contributed by atoms with Crippen LogP contribution in [0.1, 0.15) is 0 Å². The second-order valence-corrected chi connectivity index (χ2v) is 5.36. The summed E-state index contributed by atoms with van der Waals surface area (Å²) in [5.74, 6) is -0.283. The van der Waals surface area contributed by atoms with Gasteiger partial charge in [0, 0.05) is 16.3 Å². The van der Waals surface area contributed by atoms with Crippen molar-refractivity contribution in [3.63, 3.8) is 0 Å². The van der Waals surface area contributed by atoms with E-state index in [9.17, 15) is 4.39 Å². The first-order chi connectivity index (χ1) is 10.8. The molecule has 5 aromatic rings. The van der Waals surface area contributed by atoms with Crippen LogP contribution in [0, 0.1) is 5.82 Å². The standard InChI is InChI=1S/C18H10FN3/c19-14-9-2-1-7-12(14)17-18-13-8-3-5-11-6-4-10-15(16(11)13)22(18)21-20-17/h1-10H. The third-order valence-corrected chi connectivity index (χ3v) is 4.17. The van der Waals surface area contributed by atoms with Crippen molar-refractivity contribution in [3.8, 4) is 11.3 Å². The van der Waals surface area contributed by atoms with Gasteiger partial charge in [0.05, 0.1) is 5.52 Å². The summed E-state index contributed by atoms with van der Waals surface area (Å²) < 4.78 is 16.0. The summed E-state index contributed by atoms with van der Waals surface area (Å²) in [6, 6.07) is 18.9. The van der Waals surface area contributed by atoms with Crippen LogP contribution in [0.25, 0.3) is 38.4 Å². The Kier molecular flexibility index (Phi) is 2.12. The van der Waals surface area contributed by atoms with Crippen molar-refractivity contribution in [2.24, 2.45) is 0 Å². The van der Waals surface area contributed by atoms with Gasteiger partial charge in [-0.05, 0) is 23.6 Å². The maximum Gasteiger partial charge on any atom is 0.132 e. The number of aromatic nitrogens is 3. The van der Waals surface area contributed by atoms with Gasteiger partial charge in [0.15, 0.2) is 0 Å². The summed E-state index contributed by atoms with van der Waals surface area (Å²) in [6.07, 6.45) is 0. The molecule has 0 aliphatic rings. The van der Waals surface area contributed by atoms with E-state index in [4.69, 9.17) is 0 Å². The number of benzene rings is 3. The predicted molar refractivity (Wildman–Crippen MR) is 84.6 cm³/mol. The van der Waals surface area contributed by atoms with Gasteiger partial charge in [0.1, 0.15) is 17.0 Å². The fraction of sp³-hybridized carbons (Fsp3) is 0. The van der Waals surface area contributed by atoms with Crippen molar-refractivity contribution < 1.29 is 4.39 Å². The number of rotatable bonds is 1. The Labute approximate surface area is 124 Å². The molecule has 3 aromatic carbocycles. The highest BCUT2D eigenvalue weighted by atomic mass is 19.1. The van der Waals surface area contributed by atoms with Crippen LogP contribution in [-0.4, -0.2) is 14.8 Å². The molecule has 0 atom stereocenters. The van der Waals surface area contributed by atoms with Crippen molar-refractivity contribution in [1.82, 2.24) is 14.8 Å². The molecule has 22 heavy (non-hydrogen) atoms. The van der Waals surface area contributed by atoms with E-state index in [1.807, 2.05) is 30.3 Å². The summed E-state index contributed by atoms with van der Waals surface area (Å²) >= 11 is 0. The first kappa shape index (κ1) is 11.6. The SMILES string of the molecule is Fc1ccccc1-c1nnn2c3cccc4cccc(c43)c12. The molecule has 0 spiro atoms. The lowest BCUT2D eigenvalue weighted by molar-refractivity contribution is 0.631. The molecule has 2 heterocycles. The summed E-state index contributed by atoms with van der Waals surface area (Å²) in [7, 11) is 0. The minimum Gasteiger partial charge on any atom is -0.212 e. The van der Waals surface area contributed by atoms with E-state index in [1.54, 1.807) is 16.6 Å². The van der Waals surface area contributed by atoms with Gasteiger partial charge in [0.2, 0.25) is 0 Å². The zero-order valence-corrected chi connectivity index (χ0v) is 11.5. The summed E-state index contributed by atoms with van der Waals surface area (Å²) in [6.45, 7) is 0. The van der Waals surface area contributed by atoms with Gasteiger partial charge in [-0.2, -0.15) is 0 Å². The molecule has 0 radical (unpaired) electrons. The van der Waals surface area contributed by atoms with E-state index in [2.05, 4.69) is 22.4 Å². The Hall–Kier alpha value is -3.01. The molecule has 0 amide bonds. The van der Waals surface area contributed by atoms with Gasteiger partial charge in [-0.25, -0.2) is 8.91 Å². The molecule has 0 N–H and O–H groups in total. The van der Waals surface area contributed by atoms with Gasteiger partial charge in [-0.3, -0.25) is 0 Å². The van der Waals surface area contributed by atoms with Gasteiger partial charge in [-0.1, -0.05) is 47.7 Å². The maximum absolute atomic E-state index is 14.2. The van der Waals surface area contributed by atoms with Crippen molar-refractivity contribution in [3.05, 3.63) is 66.5 Å². The first-order valence-electron chi connectivity index (χ1n) is 7.08. The van der Waals surface area contributed by atoms with Crippen LogP contribution in [0.2, 0.25) is 0 Å². The average Bonchev–Trinajstić information content (AvgIpc) is 3.10. The third kappa shape index (κ3) is 1.34. The fourth-order valence-corrected chi connectivity index (χ4v) is 3.22. The van der Waals surface area contributed by atoms with Crippen molar-refractivity contribution >= 4 is 27.2 Å². The van der Waals surface area contributed by atoms with Crippen molar-refractivity contribution in [2.45, 2.75) is 0 Å². The van der Waals surface area contributed by atoms with Crippen LogP contribution >= 0.6 is 0 Å². The first-order valence-corrected chi connectivity index (χ1v) is 7.08.